The van der Waals surface area contributed by atoms with Gasteiger partial charge in [-0.3, -0.25) is 4.79 Å². The molecule has 1 amide bonds. The number of hydrogen-bond donors (Lipinski definition) is 2. The van der Waals surface area contributed by atoms with Crippen LogP contribution in [-0.4, -0.2) is 39.8 Å². The van der Waals surface area contributed by atoms with Crippen molar-refractivity contribution in [2.24, 2.45) is 5.92 Å². The third kappa shape index (κ3) is 7.82. The minimum absolute atomic E-state index is 0.101. The zero-order valence-electron chi connectivity index (χ0n) is 24.5. The van der Waals surface area contributed by atoms with E-state index in [2.05, 4.69) is 41.4 Å². The number of carbonyl (C=O) groups is 1. The van der Waals surface area contributed by atoms with Gasteiger partial charge in [0.05, 0.1) is 28.2 Å². The molecule has 8 heteroatoms. The van der Waals surface area contributed by atoms with Crippen LogP contribution in [0.5, 0.6) is 0 Å². The van der Waals surface area contributed by atoms with Crippen molar-refractivity contribution in [3.8, 4) is 11.3 Å². The lowest BCUT2D eigenvalue weighted by Crippen LogP contribution is -2.41. The second-order valence-electron chi connectivity index (χ2n) is 13.3. The van der Waals surface area contributed by atoms with Crippen molar-refractivity contribution in [1.29, 1.82) is 0 Å². The van der Waals surface area contributed by atoms with E-state index in [4.69, 9.17) is 16.3 Å². The Balaban J connectivity index is 1.74. The molecule has 216 valence electrons. The molecule has 2 heterocycles. The fraction of sp³-hybridized carbons (Fsp3) is 0.645. The number of aromatic nitrogens is 1. The van der Waals surface area contributed by atoms with Crippen molar-refractivity contribution in [2.45, 2.75) is 115 Å². The number of carbonyl (C=O) groups excluding carboxylic acids is 1. The smallest absolute Gasteiger partial charge is 0.254 e. The summed E-state index contributed by atoms with van der Waals surface area (Å²) >= 11 is 5.66. The molecule has 0 spiro atoms. The molecule has 1 saturated carbocycles. The molecule has 6 nitrogen and oxygen atoms in total. The van der Waals surface area contributed by atoms with Gasteiger partial charge in [0.15, 0.2) is 4.90 Å². The number of amides is 1. The summed E-state index contributed by atoms with van der Waals surface area (Å²) in [6, 6.07) is 8.19. The zero-order valence-corrected chi connectivity index (χ0v) is 26.1. The molecule has 1 saturated heterocycles. The lowest BCUT2D eigenvalue weighted by molar-refractivity contribution is 0.0696. The first-order valence-corrected chi connectivity index (χ1v) is 16.0. The average Bonchev–Trinajstić information content (AvgIpc) is 3.19. The summed E-state index contributed by atoms with van der Waals surface area (Å²) in [6.07, 6.45) is 7.77. The van der Waals surface area contributed by atoms with Crippen LogP contribution < -0.4 is 10.0 Å². The highest BCUT2D eigenvalue weighted by molar-refractivity contribution is 7.89. The van der Waals surface area contributed by atoms with Crippen molar-refractivity contribution in [3.63, 3.8) is 0 Å². The summed E-state index contributed by atoms with van der Waals surface area (Å²) in [5.74, 6) is 0.414. The monoisotopic (exact) mass is 575 g/mol. The maximum Gasteiger partial charge on any atom is 0.254 e. The van der Waals surface area contributed by atoms with E-state index >= 15 is 0 Å². The number of nitrogens with zero attached hydrogens (tertiary/aromatic N) is 1. The Labute approximate surface area is 242 Å². The van der Waals surface area contributed by atoms with E-state index < -0.39 is 11.4 Å². The first kappa shape index (κ1) is 30.4. The molecule has 4 rings (SSSR count). The lowest BCUT2D eigenvalue weighted by atomic mass is 9.85. The van der Waals surface area contributed by atoms with Gasteiger partial charge in [-0.25, -0.2) is 0 Å². The second kappa shape index (κ2) is 12.6. The molecule has 1 atom stereocenters. The molecule has 0 radical (unpaired) electrons. The van der Waals surface area contributed by atoms with Crippen LogP contribution in [0.1, 0.15) is 102 Å². The minimum atomic E-state index is -1.35. The van der Waals surface area contributed by atoms with Crippen LogP contribution in [0.2, 0.25) is 5.15 Å². The summed E-state index contributed by atoms with van der Waals surface area (Å²) in [5, 5.41) is 3.69. The highest BCUT2D eigenvalue weighted by Crippen LogP contribution is 2.37. The van der Waals surface area contributed by atoms with Gasteiger partial charge in [-0.05, 0) is 87.6 Å². The van der Waals surface area contributed by atoms with Gasteiger partial charge in [-0.2, -0.15) is 0 Å². The van der Waals surface area contributed by atoms with Crippen LogP contribution in [0.3, 0.4) is 0 Å². The molecule has 1 aromatic heterocycles. The Morgan fingerprint density at radius 3 is 2.33 bits per heavy atom. The summed E-state index contributed by atoms with van der Waals surface area (Å²) < 4.78 is 24.2. The predicted octanol–water partition coefficient (Wildman–Crippen LogP) is 7.01. The van der Waals surface area contributed by atoms with Gasteiger partial charge in [-0.1, -0.05) is 51.6 Å². The molecule has 0 bridgehead atoms. The highest BCUT2D eigenvalue weighted by atomic mass is 35.5. The van der Waals surface area contributed by atoms with Gasteiger partial charge in [0.1, 0.15) is 5.15 Å². The van der Waals surface area contributed by atoms with Crippen LogP contribution in [0.25, 0.3) is 11.3 Å². The highest BCUT2D eigenvalue weighted by Gasteiger charge is 2.31. The fourth-order valence-electron chi connectivity index (χ4n) is 5.61. The molecule has 2 fully saturated rings. The van der Waals surface area contributed by atoms with Crippen LogP contribution >= 0.6 is 11.6 Å². The first-order valence-electron chi connectivity index (χ1n) is 14.5. The van der Waals surface area contributed by atoms with Crippen molar-refractivity contribution < 1.29 is 14.1 Å². The minimum Gasteiger partial charge on any atom is -0.593 e. The fourth-order valence-corrected chi connectivity index (χ4v) is 7.33. The van der Waals surface area contributed by atoms with E-state index in [-0.39, 0.29) is 22.9 Å². The van der Waals surface area contributed by atoms with E-state index in [9.17, 15) is 9.35 Å². The normalized spacial score (nSPS) is 18.8. The Hall–Kier alpha value is -1.51. The van der Waals surface area contributed by atoms with E-state index in [1.165, 1.54) is 32.1 Å². The lowest BCUT2D eigenvalue weighted by Gasteiger charge is -2.27. The first-order chi connectivity index (χ1) is 18.3. The Morgan fingerprint density at radius 1 is 1.05 bits per heavy atom. The summed E-state index contributed by atoms with van der Waals surface area (Å²) in [5.41, 5.74) is 2.95. The molecule has 1 unspecified atom stereocenters. The number of benzene rings is 1. The Kier molecular flexibility index (Phi) is 9.81. The van der Waals surface area contributed by atoms with E-state index in [0.29, 0.717) is 29.8 Å². The van der Waals surface area contributed by atoms with Gasteiger partial charge in [0.25, 0.3) is 5.91 Å². The quantitative estimate of drug-likeness (QED) is 0.348. The molecule has 1 aliphatic heterocycles. The third-order valence-corrected chi connectivity index (χ3v) is 9.64. The molecular formula is C31H46ClN3O3S. The van der Waals surface area contributed by atoms with E-state index in [1.54, 1.807) is 0 Å². The average molecular weight is 576 g/mol. The standard InChI is InChI=1S/C31H46ClN3O3S/c1-30(2,3)25-18-22(12-13-27(25)39(37)34-31(4,5)6)26-19-24(29(36)33-23-14-16-38-17-15-23)28(32)35(26)20-21-10-8-7-9-11-21/h12-13,18-19,21,23,34H,7-11,14-17,20H2,1-6H3,(H,33,36). The van der Waals surface area contributed by atoms with Gasteiger partial charge < -0.3 is 19.2 Å². The van der Waals surface area contributed by atoms with Crippen LogP contribution in [0.4, 0.5) is 0 Å². The summed E-state index contributed by atoms with van der Waals surface area (Å²) in [7, 11) is 0. The molecule has 1 aromatic carbocycles. The number of hydrogen-bond acceptors (Lipinski definition) is 4. The van der Waals surface area contributed by atoms with Crippen molar-refractivity contribution >= 4 is 28.9 Å². The van der Waals surface area contributed by atoms with Gasteiger partial charge in [-0.15, -0.1) is 4.72 Å². The van der Waals surface area contributed by atoms with Crippen molar-refractivity contribution in [3.05, 3.63) is 40.5 Å². The molecule has 39 heavy (non-hydrogen) atoms. The molecule has 2 aliphatic rings. The largest absolute Gasteiger partial charge is 0.593 e. The van der Waals surface area contributed by atoms with Crippen LogP contribution in [-0.2, 0) is 28.1 Å². The Bertz CT molecular complexity index is 1140. The zero-order chi connectivity index (χ0) is 28.4. The SMILES string of the molecule is CC(C)(C)N[S+]([O-])c1ccc(-c2cc(C(=O)NC3CCOCC3)c(Cl)n2CC2CCCCC2)cc1C(C)(C)C. The summed E-state index contributed by atoms with van der Waals surface area (Å²) in [6.45, 7) is 14.6. The number of rotatable bonds is 7. The van der Waals surface area contributed by atoms with Crippen LogP contribution in [0, 0.1) is 5.92 Å². The van der Waals surface area contributed by atoms with Gasteiger partial charge in [0.2, 0.25) is 0 Å². The van der Waals surface area contributed by atoms with Crippen molar-refractivity contribution in [1.82, 2.24) is 14.6 Å². The van der Waals surface area contributed by atoms with E-state index in [1.807, 2.05) is 39.0 Å². The second-order valence-corrected chi connectivity index (χ2v) is 14.8. The topological polar surface area (TPSA) is 78.3 Å². The predicted molar refractivity (Wildman–Crippen MR) is 161 cm³/mol. The molecular weight excluding hydrogens is 530 g/mol. The number of nitrogens with one attached hydrogen (secondary N) is 2. The van der Waals surface area contributed by atoms with Gasteiger partial charge in [0, 0.05) is 31.4 Å². The number of ether oxygens (including phenoxy) is 1. The maximum atomic E-state index is 13.4. The third-order valence-electron chi connectivity index (χ3n) is 7.68. The maximum absolute atomic E-state index is 13.4. The van der Waals surface area contributed by atoms with Crippen LogP contribution in [0.15, 0.2) is 29.2 Å². The van der Waals surface area contributed by atoms with E-state index in [0.717, 1.165) is 41.1 Å². The summed E-state index contributed by atoms with van der Waals surface area (Å²) in [4.78, 5) is 14.2. The molecule has 2 aromatic rings. The molecule has 1 aliphatic carbocycles. The molecule has 2 N–H and O–H groups in total. The number of halogens is 1. The Morgan fingerprint density at radius 2 is 1.72 bits per heavy atom. The van der Waals surface area contributed by atoms with Gasteiger partial charge >= 0.3 is 0 Å². The van der Waals surface area contributed by atoms with Crippen molar-refractivity contribution in [2.75, 3.05) is 13.2 Å².